The highest BCUT2D eigenvalue weighted by atomic mass is 16.5. The maximum Gasteiger partial charge on any atom is 0.335 e. The van der Waals surface area contributed by atoms with Gasteiger partial charge in [0.05, 0.1) is 11.5 Å². The van der Waals surface area contributed by atoms with Crippen LogP contribution >= 0.6 is 0 Å². The SMILES string of the molecule is CC(C)C(C(=O)OCc1ccccc1)[C@H](N)c1ccc(C(=O)O)cc1N. The van der Waals surface area contributed by atoms with Gasteiger partial charge in [0.1, 0.15) is 6.61 Å². The van der Waals surface area contributed by atoms with E-state index >= 15 is 0 Å². The van der Waals surface area contributed by atoms with Crippen LogP contribution in [0.5, 0.6) is 0 Å². The number of esters is 1. The number of carbonyl (C=O) groups excluding carboxylic acids is 1. The van der Waals surface area contributed by atoms with Crippen molar-refractivity contribution in [2.75, 3.05) is 5.73 Å². The van der Waals surface area contributed by atoms with Crippen LogP contribution in [0.4, 0.5) is 5.69 Å². The zero-order chi connectivity index (χ0) is 19.3. The second kappa shape index (κ2) is 8.49. The van der Waals surface area contributed by atoms with Crippen molar-refractivity contribution >= 4 is 17.6 Å². The summed E-state index contributed by atoms with van der Waals surface area (Å²) in [7, 11) is 0. The smallest absolute Gasteiger partial charge is 0.335 e. The molecule has 0 bridgehead atoms. The summed E-state index contributed by atoms with van der Waals surface area (Å²) in [5.41, 5.74) is 14.0. The number of benzene rings is 2. The first-order valence-corrected chi connectivity index (χ1v) is 8.40. The Labute approximate surface area is 152 Å². The number of carboxylic acids is 1. The van der Waals surface area contributed by atoms with Crippen LogP contribution in [-0.2, 0) is 16.1 Å². The van der Waals surface area contributed by atoms with Gasteiger partial charge in [-0.15, -0.1) is 0 Å². The summed E-state index contributed by atoms with van der Waals surface area (Å²) < 4.78 is 5.44. The summed E-state index contributed by atoms with van der Waals surface area (Å²) in [5, 5.41) is 9.04. The lowest BCUT2D eigenvalue weighted by molar-refractivity contribution is -0.152. The van der Waals surface area contributed by atoms with E-state index in [0.29, 0.717) is 5.56 Å². The molecule has 2 aromatic rings. The van der Waals surface area contributed by atoms with Crippen molar-refractivity contribution in [1.82, 2.24) is 0 Å². The number of rotatable bonds is 7. The summed E-state index contributed by atoms with van der Waals surface area (Å²) in [6, 6.07) is 13.0. The van der Waals surface area contributed by atoms with Gasteiger partial charge < -0.3 is 21.3 Å². The molecule has 0 saturated heterocycles. The third kappa shape index (κ3) is 4.61. The fourth-order valence-electron chi connectivity index (χ4n) is 2.86. The summed E-state index contributed by atoms with van der Waals surface area (Å²) in [5.74, 6) is -2.15. The molecule has 0 spiro atoms. The van der Waals surface area contributed by atoms with Crippen molar-refractivity contribution in [1.29, 1.82) is 0 Å². The number of carbonyl (C=O) groups is 2. The Hall–Kier alpha value is -2.86. The van der Waals surface area contributed by atoms with Gasteiger partial charge in [0.2, 0.25) is 0 Å². The van der Waals surface area contributed by atoms with Crippen LogP contribution in [0.1, 0.15) is 41.4 Å². The predicted molar refractivity (Wildman–Crippen MR) is 99.3 cm³/mol. The van der Waals surface area contributed by atoms with Crippen LogP contribution in [0.3, 0.4) is 0 Å². The van der Waals surface area contributed by atoms with Gasteiger partial charge in [0, 0.05) is 11.7 Å². The fraction of sp³-hybridized carbons (Fsp3) is 0.300. The Balaban J connectivity index is 2.17. The molecular formula is C20H24N2O4. The lowest BCUT2D eigenvalue weighted by Crippen LogP contribution is -2.34. The second-order valence-electron chi connectivity index (χ2n) is 6.54. The van der Waals surface area contributed by atoms with E-state index in [-0.39, 0.29) is 23.8 Å². The number of ether oxygens (including phenoxy) is 1. The Morgan fingerprint density at radius 2 is 1.77 bits per heavy atom. The van der Waals surface area contributed by atoms with E-state index in [1.54, 1.807) is 6.07 Å². The molecule has 6 nitrogen and oxygen atoms in total. The van der Waals surface area contributed by atoms with Gasteiger partial charge >= 0.3 is 11.9 Å². The molecule has 0 amide bonds. The molecule has 0 fully saturated rings. The zero-order valence-electron chi connectivity index (χ0n) is 14.9. The standard InChI is InChI=1S/C20H24N2O4/c1-12(2)17(20(25)26-11-13-6-4-3-5-7-13)18(22)15-9-8-14(19(23)24)10-16(15)21/h3-10,12,17-18H,11,21-22H2,1-2H3,(H,23,24)/t17?,18-/m1/s1. The summed E-state index contributed by atoms with van der Waals surface area (Å²) in [6.45, 7) is 3.94. The molecular weight excluding hydrogens is 332 g/mol. The molecule has 0 saturated carbocycles. The number of nitrogen functional groups attached to an aromatic ring is 1. The molecule has 1 unspecified atom stereocenters. The number of hydrogen-bond acceptors (Lipinski definition) is 5. The molecule has 26 heavy (non-hydrogen) atoms. The van der Waals surface area contributed by atoms with E-state index in [4.69, 9.17) is 21.3 Å². The van der Waals surface area contributed by atoms with Crippen molar-refractivity contribution in [3.63, 3.8) is 0 Å². The molecule has 2 rings (SSSR count). The Kier molecular flexibility index (Phi) is 6.36. The highest BCUT2D eigenvalue weighted by Crippen LogP contribution is 2.31. The van der Waals surface area contributed by atoms with E-state index in [2.05, 4.69) is 0 Å². The van der Waals surface area contributed by atoms with Crippen molar-refractivity contribution in [3.8, 4) is 0 Å². The van der Waals surface area contributed by atoms with Crippen LogP contribution in [-0.4, -0.2) is 17.0 Å². The Morgan fingerprint density at radius 3 is 2.31 bits per heavy atom. The van der Waals surface area contributed by atoms with Gasteiger partial charge in [-0.3, -0.25) is 4.79 Å². The summed E-state index contributed by atoms with van der Waals surface area (Å²) in [6.07, 6.45) is 0. The molecule has 6 heteroatoms. The highest BCUT2D eigenvalue weighted by Gasteiger charge is 2.32. The third-order valence-electron chi connectivity index (χ3n) is 4.29. The number of carboxylic acid groups (broad SMARTS) is 1. The number of hydrogen-bond donors (Lipinski definition) is 3. The van der Waals surface area contributed by atoms with Crippen molar-refractivity contribution in [2.24, 2.45) is 17.6 Å². The quantitative estimate of drug-likeness (QED) is 0.519. The van der Waals surface area contributed by atoms with Crippen LogP contribution in [0.25, 0.3) is 0 Å². The summed E-state index contributed by atoms with van der Waals surface area (Å²) >= 11 is 0. The largest absolute Gasteiger partial charge is 0.478 e. The molecule has 0 aliphatic heterocycles. The Bertz CT molecular complexity index is 775. The molecule has 0 radical (unpaired) electrons. The van der Waals surface area contributed by atoms with Crippen LogP contribution < -0.4 is 11.5 Å². The monoisotopic (exact) mass is 356 g/mol. The van der Waals surface area contributed by atoms with Crippen LogP contribution in [0.15, 0.2) is 48.5 Å². The van der Waals surface area contributed by atoms with E-state index in [1.807, 2.05) is 44.2 Å². The van der Waals surface area contributed by atoms with Gasteiger partial charge in [-0.25, -0.2) is 4.79 Å². The van der Waals surface area contributed by atoms with E-state index in [9.17, 15) is 9.59 Å². The van der Waals surface area contributed by atoms with Crippen LogP contribution in [0, 0.1) is 11.8 Å². The number of aromatic carboxylic acids is 1. The molecule has 2 atom stereocenters. The topological polar surface area (TPSA) is 116 Å². The molecule has 0 aliphatic carbocycles. The van der Waals surface area contributed by atoms with Gasteiger partial charge in [-0.2, -0.15) is 0 Å². The molecule has 0 aliphatic rings. The average Bonchev–Trinajstić information content (AvgIpc) is 2.60. The van der Waals surface area contributed by atoms with E-state index < -0.39 is 23.9 Å². The number of nitrogens with two attached hydrogens (primary N) is 2. The Morgan fingerprint density at radius 1 is 1.12 bits per heavy atom. The average molecular weight is 356 g/mol. The first-order valence-electron chi connectivity index (χ1n) is 8.40. The van der Waals surface area contributed by atoms with Crippen molar-refractivity contribution in [3.05, 3.63) is 65.2 Å². The van der Waals surface area contributed by atoms with Crippen molar-refractivity contribution in [2.45, 2.75) is 26.5 Å². The van der Waals surface area contributed by atoms with Gasteiger partial charge in [0.25, 0.3) is 0 Å². The van der Waals surface area contributed by atoms with Crippen LogP contribution in [0.2, 0.25) is 0 Å². The third-order valence-corrected chi connectivity index (χ3v) is 4.29. The highest BCUT2D eigenvalue weighted by molar-refractivity contribution is 5.89. The van der Waals surface area contributed by atoms with Gasteiger partial charge in [-0.05, 0) is 29.2 Å². The lowest BCUT2D eigenvalue weighted by Gasteiger charge is -2.27. The normalized spacial score (nSPS) is 13.2. The molecule has 5 N–H and O–H groups in total. The molecule has 2 aromatic carbocycles. The first kappa shape index (κ1) is 19.5. The molecule has 138 valence electrons. The fourth-order valence-corrected chi connectivity index (χ4v) is 2.86. The van der Waals surface area contributed by atoms with E-state index in [1.165, 1.54) is 12.1 Å². The maximum atomic E-state index is 12.6. The second-order valence-corrected chi connectivity index (χ2v) is 6.54. The lowest BCUT2D eigenvalue weighted by atomic mass is 9.84. The number of anilines is 1. The van der Waals surface area contributed by atoms with Crippen molar-refractivity contribution < 1.29 is 19.4 Å². The minimum Gasteiger partial charge on any atom is -0.478 e. The van der Waals surface area contributed by atoms with Gasteiger partial charge in [-0.1, -0.05) is 50.2 Å². The minimum atomic E-state index is -1.07. The first-order chi connectivity index (χ1) is 12.3. The predicted octanol–water partition coefficient (Wildman–Crippen LogP) is 2.98. The van der Waals surface area contributed by atoms with Gasteiger partial charge in [0.15, 0.2) is 0 Å². The molecule has 0 aromatic heterocycles. The summed E-state index contributed by atoms with van der Waals surface area (Å²) in [4.78, 5) is 23.7. The van der Waals surface area contributed by atoms with E-state index in [0.717, 1.165) is 5.56 Å². The minimum absolute atomic E-state index is 0.0752. The zero-order valence-corrected chi connectivity index (χ0v) is 14.9. The maximum absolute atomic E-state index is 12.6. The molecule has 0 heterocycles.